The summed E-state index contributed by atoms with van der Waals surface area (Å²) in [5.41, 5.74) is 2.34. The molecule has 0 amide bonds. The van der Waals surface area contributed by atoms with Crippen molar-refractivity contribution in [2.75, 3.05) is 38.7 Å². The van der Waals surface area contributed by atoms with Crippen molar-refractivity contribution in [3.8, 4) is 11.4 Å². The zero-order valence-electron chi connectivity index (χ0n) is 16.1. The fourth-order valence-corrected chi connectivity index (χ4v) is 4.84. The molecule has 3 heterocycles. The smallest absolute Gasteiger partial charge is 0.250 e. The summed E-state index contributed by atoms with van der Waals surface area (Å²) in [5.74, 6) is 2.89. The minimum absolute atomic E-state index is 0.405. The quantitative estimate of drug-likeness (QED) is 0.697. The van der Waals surface area contributed by atoms with Crippen molar-refractivity contribution < 1.29 is 4.74 Å². The van der Waals surface area contributed by atoms with E-state index in [2.05, 4.69) is 56.6 Å². The highest BCUT2D eigenvalue weighted by Crippen LogP contribution is 2.45. The SMILES string of the molecule is COc1ccc([C@@H]2[C@@H]3CN(c4nnnn4-c4ccccc4)C[C@@H]3CN2C)cc1. The molecule has 2 aromatic carbocycles. The Bertz CT molecular complexity index is 941. The topological polar surface area (TPSA) is 59.3 Å². The summed E-state index contributed by atoms with van der Waals surface area (Å²) in [4.78, 5) is 4.82. The number of methoxy groups -OCH3 is 1. The van der Waals surface area contributed by atoms with Crippen LogP contribution in [0.25, 0.3) is 5.69 Å². The number of anilines is 1. The molecule has 0 bridgehead atoms. The van der Waals surface area contributed by atoms with Gasteiger partial charge in [0.25, 0.3) is 0 Å². The van der Waals surface area contributed by atoms with Gasteiger partial charge in [-0.3, -0.25) is 4.90 Å². The molecule has 2 aliphatic rings. The molecule has 2 saturated heterocycles. The highest BCUT2D eigenvalue weighted by molar-refractivity contribution is 5.42. The molecule has 28 heavy (non-hydrogen) atoms. The van der Waals surface area contributed by atoms with Crippen LogP contribution in [0, 0.1) is 11.8 Å². The third-order valence-corrected chi connectivity index (χ3v) is 6.09. The Kier molecular flexibility index (Phi) is 4.24. The first-order valence-electron chi connectivity index (χ1n) is 9.67. The van der Waals surface area contributed by atoms with Gasteiger partial charge in [-0.25, -0.2) is 0 Å². The standard InChI is InChI=1S/C21H24N6O/c1-25-12-16-13-26(21-22-23-24-27(21)17-6-4-3-5-7-17)14-19(16)20(25)15-8-10-18(28-2)11-9-15/h3-11,16,19-20H,12-14H2,1-2H3/t16-,19+,20+/m0/s1. The van der Waals surface area contributed by atoms with E-state index in [0.717, 1.165) is 37.0 Å². The number of hydrogen-bond donors (Lipinski definition) is 0. The number of rotatable bonds is 4. The molecule has 3 aromatic rings. The maximum atomic E-state index is 5.32. The Hall–Kier alpha value is -2.93. The summed E-state index contributed by atoms with van der Waals surface area (Å²) in [7, 11) is 3.93. The van der Waals surface area contributed by atoms with Crippen LogP contribution in [0.15, 0.2) is 54.6 Å². The molecule has 0 spiro atoms. The van der Waals surface area contributed by atoms with E-state index in [1.165, 1.54) is 5.56 Å². The molecule has 0 radical (unpaired) electrons. The highest BCUT2D eigenvalue weighted by atomic mass is 16.5. The Morgan fingerprint density at radius 1 is 0.964 bits per heavy atom. The summed E-state index contributed by atoms with van der Waals surface area (Å²) in [6.07, 6.45) is 0. The van der Waals surface area contributed by atoms with E-state index in [0.29, 0.717) is 17.9 Å². The van der Waals surface area contributed by atoms with Gasteiger partial charge in [-0.15, -0.1) is 0 Å². The molecule has 2 aliphatic heterocycles. The third-order valence-electron chi connectivity index (χ3n) is 6.09. The second kappa shape index (κ2) is 6.91. The monoisotopic (exact) mass is 376 g/mol. The largest absolute Gasteiger partial charge is 0.497 e. The van der Waals surface area contributed by atoms with Gasteiger partial charge < -0.3 is 9.64 Å². The molecule has 0 unspecified atom stereocenters. The van der Waals surface area contributed by atoms with Crippen molar-refractivity contribution in [3.05, 3.63) is 60.2 Å². The number of nitrogens with zero attached hydrogens (tertiary/aromatic N) is 6. The molecule has 0 N–H and O–H groups in total. The molecule has 0 saturated carbocycles. The third kappa shape index (κ3) is 2.82. The molecule has 3 atom stereocenters. The normalized spacial score (nSPS) is 24.5. The molecule has 7 nitrogen and oxygen atoms in total. The predicted molar refractivity (Wildman–Crippen MR) is 107 cm³/mol. The minimum Gasteiger partial charge on any atom is -0.497 e. The molecule has 144 valence electrons. The van der Waals surface area contributed by atoms with Crippen LogP contribution in [0.3, 0.4) is 0 Å². The van der Waals surface area contributed by atoms with Gasteiger partial charge in [0, 0.05) is 31.6 Å². The van der Waals surface area contributed by atoms with Gasteiger partial charge in [0.15, 0.2) is 0 Å². The molecule has 2 fully saturated rings. The highest BCUT2D eigenvalue weighted by Gasteiger charge is 2.47. The van der Waals surface area contributed by atoms with E-state index >= 15 is 0 Å². The number of likely N-dealkylation sites (tertiary alicyclic amines) is 1. The van der Waals surface area contributed by atoms with E-state index in [1.54, 1.807) is 7.11 Å². The van der Waals surface area contributed by atoms with Crippen molar-refractivity contribution in [1.82, 2.24) is 25.1 Å². The van der Waals surface area contributed by atoms with Crippen LogP contribution in [-0.4, -0.2) is 58.9 Å². The first-order chi connectivity index (χ1) is 13.7. The molecular weight excluding hydrogens is 352 g/mol. The van der Waals surface area contributed by atoms with Gasteiger partial charge in [0.2, 0.25) is 5.95 Å². The van der Waals surface area contributed by atoms with Gasteiger partial charge in [-0.05, 0) is 53.2 Å². The number of para-hydroxylation sites is 1. The lowest BCUT2D eigenvalue weighted by atomic mass is 9.89. The van der Waals surface area contributed by atoms with Crippen molar-refractivity contribution in [1.29, 1.82) is 0 Å². The average Bonchev–Trinajstić information content (AvgIpc) is 3.43. The number of benzene rings is 2. The maximum Gasteiger partial charge on any atom is 0.250 e. The van der Waals surface area contributed by atoms with Crippen molar-refractivity contribution >= 4 is 5.95 Å². The fourth-order valence-electron chi connectivity index (χ4n) is 4.84. The molecule has 0 aliphatic carbocycles. The molecule has 5 rings (SSSR count). The lowest BCUT2D eigenvalue weighted by molar-refractivity contribution is 0.279. The summed E-state index contributed by atoms with van der Waals surface area (Å²) >= 11 is 0. The predicted octanol–water partition coefficient (Wildman–Crippen LogP) is 2.41. The van der Waals surface area contributed by atoms with E-state index < -0.39 is 0 Å². The number of fused-ring (bicyclic) bond motifs is 1. The van der Waals surface area contributed by atoms with Crippen molar-refractivity contribution in [2.45, 2.75) is 6.04 Å². The van der Waals surface area contributed by atoms with Crippen LogP contribution in [0.4, 0.5) is 5.95 Å². The van der Waals surface area contributed by atoms with E-state index in [9.17, 15) is 0 Å². The zero-order chi connectivity index (χ0) is 19.1. The van der Waals surface area contributed by atoms with Crippen LogP contribution in [0.5, 0.6) is 5.75 Å². The number of tetrazole rings is 1. The summed E-state index contributed by atoms with van der Waals surface area (Å²) in [5, 5.41) is 12.5. The van der Waals surface area contributed by atoms with Gasteiger partial charge >= 0.3 is 0 Å². The Balaban J connectivity index is 1.41. The van der Waals surface area contributed by atoms with E-state index in [-0.39, 0.29) is 0 Å². The van der Waals surface area contributed by atoms with E-state index in [1.807, 2.05) is 35.0 Å². The van der Waals surface area contributed by atoms with Crippen LogP contribution in [-0.2, 0) is 0 Å². The summed E-state index contributed by atoms with van der Waals surface area (Å²) in [6, 6.07) is 19.0. The molecule has 7 heteroatoms. The van der Waals surface area contributed by atoms with E-state index in [4.69, 9.17) is 4.74 Å². The van der Waals surface area contributed by atoms with Gasteiger partial charge in [-0.1, -0.05) is 35.4 Å². The number of aromatic nitrogens is 4. The minimum atomic E-state index is 0.405. The first-order valence-corrected chi connectivity index (χ1v) is 9.67. The molecule has 1 aromatic heterocycles. The lowest BCUT2D eigenvalue weighted by Crippen LogP contribution is -2.30. The van der Waals surface area contributed by atoms with Crippen LogP contribution < -0.4 is 9.64 Å². The Morgan fingerprint density at radius 2 is 1.75 bits per heavy atom. The second-order valence-electron chi connectivity index (χ2n) is 7.71. The van der Waals surface area contributed by atoms with Crippen molar-refractivity contribution in [3.63, 3.8) is 0 Å². The fraction of sp³-hybridized carbons (Fsp3) is 0.381. The average molecular weight is 376 g/mol. The second-order valence-corrected chi connectivity index (χ2v) is 7.71. The van der Waals surface area contributed by atoms with Crippen LogP contribution in [0.2, 0.25) is 0 Å². The lowest BCUT2D eigenvalue weighted by Gasteiger charge is -2.27. The molecular formula is C21H24N6O. The van der Waals surface area contributed by atoms with Crippen LogP contribution in [0.1, 0.15) is 11.6 Å². The van der Waals surface area contributed by atoms with Gasteiger partial charge in [-0.2, -0.15) is 4.68 Å². The maximum absolute atomic E-state index is 5.32. The first kappa shape index (κ1) is 17.2. The zero-order valence-corrected chi connectivity index (χ0v) is 16.1. The Labute approximate surface area is 164 Å². The van der Waals surface area contributed by atoms with Gasteiger partial charge in [0.05, 0.1) is 12.8 Å². The number of ether oxygens (including phenoxy) is 1. The van der Waals surface area contributed by atoms with Crippen molar-refractivity contribution in [2.24, 2.45) is 11.8 Å². The Morgan fingerprint density at radius 3 is 2.50 bits per heavy atom. The van der Waals surface area contributed by atoms with Crippen LogP contribution >= 0.6 is 0 Å². The summed E-state index contributed by atoms with van der Waals surface area (Å²) < 4.78 is 7.16. The number of hydrogen-bond acceptors (Lipinski definition) is 6. The van der Waals surface area contributed by atoms with Gasteiger partial charge in [0.1, 0.15) is 5.75 Å². The summed E-state index contributed by atoms with van der Waals surface area (Å²) in [6.45, 7) is 3.03.